The average Bonchev–Trinajstić information content (AvgIpc) is 3.21. The summed E-state index contributed by atoms with van der Waals surface area (Å²) in [6, 6.07) is -0.689. The summed E-state index contributed by atoms with van der Waals surface area (Å²) in [6.07, 6.45) is 0.699. The van der Waals surface area contributed by atoms with Crippen LogP contribution in [0.1, 0.15) is 13.3 Å². The molecule has 3 amide bonds. The fourth-order valence-corrected chi connectivity index (χ4v) is 4.05. The molecule has 3 aliphatic rings. The van der Waals surface area contributed by atoms with Crippen molar-refractivity contribution in [3.05, 3.63) is 42.0 Å². The maximum Gasteiger partial charge on any atom is 0.408 e. The van der Waals surface area contributed by atoms with Crippen molar-refractivity contribution in [1.82, 2.24) is 25.4 Å². The first-order valence-corrected chi connectivity index (χ1v) is 10.8. The number of anilines is 1. The van der Waals surface area contributed by atoms with Crippen LogP contribution in [0, 0.1) is 0 Å². The molecule has 13 heteroatoms. The van der Waals surface area contributed by atoms with Crippen LogP contribution >= 0.6 is 0 Å². The summed E-state index contributed by atoms with van der Waals surface area (Å²) in [6.45, 7) is 2.08. The first kappa shape index (κ1) is 23.7. The number of ether oxygens (including phenoxy) is 1. The lowest BCUT2D eigenvalue weighted by Gasteiger charge is -2.41. The van der Waals surface area contributed by atoms with Gasteiger partial charge in [0.15, 0.2) is 0 Å². The Morgan fingerprint density at radius 3 is 2.94 bits per heavy atom. The van der Waals surface area contributed by atoms with Gasteiger partial charge in [-0.15, -0.1) is 0 Å². The normalized spacial score (nSPS) is 22.1. The Bertz CT molecular complexity index is 1010. The van der Waals surface area contributed by atoms with E-state index in [4.69, 9.17) is 9.84 Å². The van der Waals surface area contributed by atoms with E-state index in [1.807, 2.05) is 5.32 Å². The van der Waals surface area contributed by atoms with Gasteiger partial charge >= 0.3 is 12.2 Å². The molecule has 34 heavy (non-hydrogen) atoms. The monoisotopic (exact) mass is 482 g/mol. The molecule has 2 bridgehead atoms. The quantitative estimate of drug-likeness (QED) is 0.480. The molecule has 10 nitrogen and oxygen atoms in total. The molecule has 4 rings (SSSR count). The Kier molecular flexibility index (Phi) is 6.55. The highest BCUT2D eigenvalue weighted by molar-refractivity contribution is 5.91. The number of aliphatic hydroxyl groups is 1. The first-order valence-electron chi connectivity index (χ1n) is 10.8. The second kappa shape index (κ2) is 9.41. The van der Waals surface area contributed by atoms with Crippen molar-refractivity contribution in [2.75, 3.05) is 31.6 Å². The lowest BCUT2D eigenvalue weighted by molar-refractivity contribution is -0.158. The number of amides is 3. The second-order valence-corrected chi connectivity index (χ2v) is 8.12. The van der Waals surface area contributed by atoms with Crippen molar-refractivity contribution in [2.45, 2.75) is 37.6 Å². The molecule has 4 heterocycles. The Balaban J connectivity index is 1.51. The largest absolute Gasteiger partial charge is 0.491 e. The molecule has 1 fully saturated rings. The number of urea groups is 1. The molecule has 1 unspecified atom stereocenters. The molecule has 0 saturated carbocycles. The number of nitrogens with one attached hydrogen (secondary N) is 3. The standard InChI is InChI=1S/C21H25F3N6O4/c1-12(21(22,23)24)26-19(32)15-2-3-16-18(27-15)30(13-5-7-29(16)11-13)20(33)28-17-10-14(4-6-25-17)34-9-8-31/h2-4,6,10,12-13,15,27,31H,5,7-9,11H2,1H3,(H,26,32)(H,25,28,33)/t12-,13+,15?/m1/s1. The van der Waals surface area contributed by atoms with Crippen molar-refractivity contribution in [1.29, 1.82) is 0 Å². The molecular formula is C21H25F3N6O4. The van der Waals surface area contributed by atoms with Crippen LogP contribution in [-0.4, -0.2) is 82.4 Å². The van der Waals surface area contributed by atoms with Crippen LogP contribution in [0.2, 0.25) is 0 Å². The van der Waals surface area contributed by atoms with Gasteiger partial charge in [0.1, 0.15) is 36.1 Å². The molecule has 0 spiro atoms. The van der Waals surface area contributed by atoms with Crippen LogP contribution in [0.4, 0.5) is 23.8 Å². The predicted molar refractivity (Wildman–Crippen MR) is 114 cm³/mol. The highest BCUT2D eigenvalue weighted by Gasteiger charge is 2.43. The van der Waals surface area contributed by atoms with E-state index in [2.05, 4.69) is 20.5 Å². The second-order valence-electron chi connectivity index (χ2n) is 8.12. The summed E-state index contributed by atoms with van der Waals surface area (Å²) in [4.78, 5) is 33.4. The van der Waals surface area contributed by atoms with Gasteiger partial charge < -0.3 is 25.4 Å². The molecule has 1 saturated heterocycles. The van der Waals surface area contributed by atoms with Crippen LogP contribution in [0.15, 0.2) is 42.0 Å². The predicted octanol–water partition coefficient (Wildman–Crippen LogP) is 1.14. The van der Waals surface area contributed by atoms with Gasteiger partial charge in [-0.25, -0.2) is 9.78 Å². The molecule has 3 atom stereocenters. The maximum absolute atomic E-state index is 13.2. The van der Waals surface area contributed by atoms with E-state index in [0.29, 0.717) is 36.8 Å². The number of rotatable bonds is 6. The summed E-state index contributed by atoms with van der Waals surface area (Å²) in [5.41, 5.74) is 0.685. The minimum absolute atomic E-state index is 0.0876. The number of carbonyl (C=O) groups is 2. The number of nitrogens with zero attached hydrogens (tertiary/aromatic N) is 3. The average molecular weight is 482 g/mol. The molecule has 0 radical (unpaired) electrons. The fraction of sp³-hybridized carbons (Fsp3) is 0.476. The van der Waals surface area contributed by atoms with Gasteiger partial charge in [0, 0.05) is 25.4 Å². The van der Waals surface area contributed by atoms with Crippen molar-refractivity contribution in [3.8, 4) is 5.75 Å². The topological polar surface area (TPSA) is 119 Å². The zero-order valence-corrected chi connectivity index (χ0v) is 18.3. The number of halogens is 3. The van der Waals surface area contributed by atoms with Gasteiger partial charge in [-0.3, -0.25) is 15.0 Å². The van der Waals surface area contributed by atoms with Crippen LogP contribution in [0.25, 0.3) is 0 Å². The summed E-state index contributed by atoms with van der Waals surface area (Å²) in [5, 5.41) is 16.5. The SMILES string of the molecule is C[C@@H](NC(=O)C1C=CC2=C(N1)N(C(=O)Nc1cc(OCCO)ccn1)[C@H]1CCN2C1)C(F)(F)F. The van der Waals surface area contributed by atoms with E-state index in [0.717, 1.165) is 6.92 Å². The Hall–Kier alpha value is -3.48. The van der Waals surface area contributed by atoms with Crippen LogP contribution in [0.5, 0.6) is 5.75 Å². The maximum atomic E-state index is 13.2. The number of alkyl halides is 3. The van der Waals surface area contributed by atoms with Gasteiger partial charge in [-0.05, 0) is 25.5 Å². The van der Waals surface area contributed by atoms with Gasteiger partial charge in [0.2, 0.25) is 5.91 Å². The Labute approximate surface area is 193 Å². The number of aromatic nitrogens is 1. The number of dihydropyridines is 1. The van der Waals surface area contributed by atoms with Crippen molar-refractivity contribution in [2.24, 2.45) is 0 Å². The van der Waals surface area contributed by atoms with E-state index in [9.17, 15) is 22.8 Å². The third-order valence-electron chi connectivity index (χ3n) is 5.77. The number of hydrogen-bond acceptors (Lipinski definition) is 7. The van der Waals surface area contributed by atoms with Gasteiger partial charge in [0.25, 0.3) is 0 Å². The van der Waals surface area contributed by atoms with Crippen LogP contribution < -0.4 is 20.7 Å². The third kappa shape index (κ3) is 4.88. The first-order chi connectivity index (χ1) is 16.2. The number of aliphatic hydroxyl groups excluding tert-OH is 1. The highest BCUT2D eigenvalue weighted by Crippen LogP contribution is 2.33. The van der Waals surface area contributed by atoms with E-state index in [-0.39, 0.29) is 25.1 Å². The number of carbonyl (C=O) groups excluding carboxylic acids is 2. The Morgan fingerprint density at radius 2 is 2.21 bits per heavy atom. The van der Waals surface area contributed by atoms with E-state index in [1.54, 1.807) is 12.1 Å². The molecule has 184 valence electrons. The van der Waals surface area contributed by atoms with Crippen molar-refractivity contribution >= 4 is 17.8 Å². The molecular weight excluding hydrogens is 457 g/mol. The minimum Gasteiger partial charge on any atom is -0.491 e. The number of hydrogen-bond donors (Lipinski definition) is 4. The smallest absolute Gasteiger partial charge is 0.408 e. The van der Waals surface area contributed by atoms with Gasteiger partial charge in [-0.1, -0.05) is 6.08 Å². The van der Waals surface area contributed by atoms with Crippen LogP contribution in [0.3, 0.4) is 0 Å². The number of allylic oxidation sites excluding steroid dienone is 1. The summed E-state index contributed by atoms with van der Waals surface area (Å²) >= 11 is 0. The van der Waals surface area contributed by atoms with Crippen LogP contribution in [-0.2, 0) is 4.79 Å². The van der Waals surface area contributed by atoms with Gasteiger partial charge in [0.05, 0.1) is 18.3 Å². The zero-order chi connectivity index (χ0) is 24.5. The van der Waals surface area contributed by atoms with E-state index >= 15 is 0 Å². The van der Waals surface area contributed by atoms with E-state index < -0.39 is 30.2 Å². The number of fused-ring (bicyclic) bond motifs is 3. The highest BCUT2D eigenvalue weighted by atomic mass is 19.4. The van der Waals surface area contributed by atoms with Gasteiger partial charge in [-0.2, -0.15) is 13.2 Å². The fourth-order valence-electron chi connectivity index (χ4n) is 4.05. The van der Waals surface area contributed by atoms with Crippen molar-refractivity contribution in [3.63, 3.8) is 0 Å². The molecule has 1 aromatic rings. The minimum atomic E-state index is -4.57. The Morgan fingerprint density at radius 1 is 1.41 bits per heavy atom. The lowest BCUT2D eigenvalue weighted by atomic mass is 10.1. The molecule has 4 N–H and O–H groups in total. The third-order valence-corrected chi connectivity index (χ3v) is 5.77. The van der Waals surface area contributed by atoms with E-state index in [1.165, 1.54) is 23.2 Å². The lowest BCUT2D eigenvalue weighted by Crippen LogP contribution is -2.57. The summed E-state index contributed by atoms with van der Waals surface area (Å²) in [7, 11) is 0. The molecule has 0 aliphatic carbocycles. The molecule has 0 aromatic carbocycles. The summed E-state index contributed by atoms with van der Waals surface area (Å²) < 4.78 is 43.9. The molecule has 3 aliphatic heterocycles. The zero-order valence-electron chi connectivity index (χ0n) is 18.3. The van der Waals surface area contributed by atoms with Crippen molar-refractivity contribution < 1.29 is 32.6 Å². The number of pyridine rings is 1. The summed E-state index contributed by atoms with van der Waals surface area (Å²) in [5.74, 6) is 0.138. The molecule has 1 aromatic heterocycles.